The lowest BCUT2D eigenvalue weighted by Gasteiger charge is -2.10. The first kappa shape index (κ1) is 15.1. The number of benzene rings is 2. The molecule has 126 valence electrons. The van der Waals surface area contributed by atoms with Crippen molar-refractivity contribution in [1.29, 1.82) is 0 Å². The Balaban J connectivity index is 1.59. The number of hydrogen-bond acceptors (Lipinski definition) is 6. The number of Topliss-reactive ketones (excluding diaryl/α,β-unsaturated/α-hetero) is 1. The molecular weight excluding hydrogens is 324 g/mol. The molecule has 25 heavy (non-hydrogen) atoms. The summed E-state index contributed by atoms with van der Waals surface area (Å²) in [7, 11) is 0. The molecule has 0 spiro atoms. The van der Waals surface area contributed by atoms with Gasteiger partial charge >= 0.3 is 0 Å². The van der Waals surface area contributed by atoms with Gasteiger partial charge in [-0.25, -0.2) is 4.68 Å². The molecule has 0 saturated heterocycles. The summed E-state index contributed by atoms with van der Waals surface area (Å²) in [5.74, 6) is 0.480. The minimum absolute atomic E-state index is 0.0215. The monoisotopic (exact) mass is 338 g/mol. The van der Waals surface area contributed by atoms with Crippen LogP contribution < -0.4 is 14.8 Å². The summed E-state index contributed by atoms with van der Waals surface area (Å²) in [5, 5.41) is 10.7. The fourth-order valence-corrected chi connectivity index (χ4v) is 2.70. The smallest absolute Gasteiger partial charge is 0.246 e. The summed E-state index contributed by atoms with van der Waals surface area (Å²) in [4.78, 5) is 24.3. The standard InChI is InChI=1S/C17H14N4O4/c1-10(22)11-6-15-16(25-9-24-15)7-13(11)18-17(23)8-21-14-5-3-2-4-12(14)19-20-21/h2-7H,8-9H2,1H3,(H,18,23). The SMILES string of the molecule is CC(=O)c1cc2c(cc1NC(=O)Cn1nnc3ccccc31)OCO2. The number of ether oxygens (including phenoxy) is 2. The zero-order valence-electron chi connectivity index (χ0n) is 13.4. The van der Waals surface area contributed by atoms with Gasteiger partial charge in [0.15, 0.2) is 17.3 Å². The van der Waals surface area contributed by atoms with Crippen LogP contribution in [-0.4, -0.2) is 33.5 Å². The van der Waals surface area contributed by atoms with Crippen molar-refractivity contribution in [2.24, 2.45) is 0 Å². The Morgan fingerprint density at radius 2 is 1.96 bits per heavy atom. The molecule has 1 aliphatic rings. The predicted octanol–water partition coefficient (Wildman–Crippen LogP) is 2.00. The average Bonchev–Trinajstić information content (AvgIpc) is 3.20. The number of para-hydroxylation sites is 1. The van der Waals surface area contributed by atoms with Gasteiger partial charge in [-0.1, -0.05) is 17.3 Å². The van der Waals surface area contributed by atoms with Crippen LogP contribution in [0, 0.1) is 0 Å². The molecule has 0 unspecified atom stereocenters. The van der Waals surface area contributed by atoms with Crippen molar-refractivity contribution in [3.63, 3.8) is 0 Å². The lowest BCUT2D eigenvalue weighted by molar-refractivity contribution is -0.116. The number of aromatic nitrogens is 3. The number of rotatable bonds is 4. The van der Waals surface area contributed by atoms with Crippen LogP contribution in [0.5, 0.6) is 11.5 Å². The molecule has 1 amide bonds. The summed E-state index contributed by atoms with van der Waals surface area (Å²) in [5.41, 5.74) is 2.21. The molecule has 0 fully saturated rings. The van der Waals surface area contributed by atoms with E-state index in [0.29, 0.717) is 28.3 Å². The van der Waals surface area contributed by atoms with E-state index in [1.54, 1.807) is 12.1 Å². The van der Waals surface area contributed by atoms with Crippen molar-refractivity contribution in [2.45, 2.75) is 13.5 Å². The van der Waals surface area contributed by atoms with Gasteiger partial charge in [0.2, 0.25) is 12.7 Å². The van der Waals surface area contributed by atoms with E-state index in [1.165, 1.54) is 11.6 Å². The van der Waals surface area contributed by atoms with Crippen molar-refractivity contribution in [1.82, 2.24) is 15.0 Å². The summed E-state index contributed by atoms with van der Waals surface area (Å²) in [6, 6.07) is 10.5. The Kier molecular flexibility index (Phi) is 3.57. The van der Waals surface area contributed by atoms with E-state index >= 15 is 0 Å². The second-order valence-electron chi connectivity index (χ2n) is 5.59. The molecule has 0 bridgehead atoms. The van der Waals surface area contributed by atoms with Crippen molar-refractivity contribution in [3.8, 4) is 11.5 Å². The van der Waals surface area contributed by atoms with Crippen LogP contribution >= 0.6 is 0 Å². The average molecular weight is 338 g/mol. The third kappa shape index (κ3) is 2.78. The number of carbonyl (C=O) groups is 2. The molecular formula is C17H14N4O4. The molecule has 0 aliphatic carbocycles. The van der Waals surface area contributed by atoms with Gasteiger partial charge in [-0.15, -0.1) is 5.10 Å². The number of carbonyl (C=O) groups excluding carboxylic acids is 2. The summed E-state index contributed by atoms with van der Waals surface area (Å²) < 4.78 is 12.1. The minimum Gasteiger partial charge on any atom is -0.454 e. The van der Waals surface area contributed by atoms with Crippen LogP contribution in [0.1, 0.15) is 17.3 Å². The molecule has 8 nitrogen and oxygen atoms in total. The molecule has 0 atom stereocenters. The normalized spacial score (nSPS) is 12.4. The molecule has 0 radical (unpaired) electrons. The van der Waals surface area contributed by atoms with Gasteiger partial charge < -0.3 is 14.8 Å². The molecule has 1 aromatic heterocycles. The number of nitrogens with zero attached hydrogens (tertiary/aromatic N) is 3. The molecule has 1 aliphatic heterocycles. The highest BCUT2D eigenvalue weighted by Crippen LogP contribution is 2.37. The topological polar surface area (TPSA) is 95.3 Å². The van der Waals surface area contributed by atoms with Gasteiger partial charge in [-0.2, -0.15) is 0 Å². The number of nitrogens with one attached hydrogen (secondary N) is 1. The van der Waals surface area contributed by atoms with Gasteiger partial charge in [-0.05, 0) is 25.1 Å². The van der Waals surface area contributed by atoms with E-state index < -0.39 is 0 Å². The summed E-state index contributed by atoms with van der Waals surface area (Å²) >= 11 is 0. The van der Waals surface area contributed by atoms with Crippen LogP contribution in [0.3, 0.4) is 0 Å². The predicted molar refractivity (Wildman–Crippen MR) is 88.7 cm³/mol. The Labute approximate surface area is 142 Å². The Morgan fingerprint density at radius 1 is 1.20 bits per heavy atom. The third-order valence-electron chi connectivity index (χ3n) is 3.88. The Morgan fingerprint density at radius 3 is 2.76 bits per heavy atom. The van der Waals surface area contributed by atoms with Gasteiger partial charge in [-0.3, -0.25) is 9.59 Å². The van der Waals surface area contributed by atoms with Crippen molar-refractivity contribution >= 4 is 28.4 Å². The summed E-state index contributed by atoms with van der Waals surface area (Å²) in [6.45, 7) is 1.50. The quantitative estimate of drug-likeness (QED) is 0.731. The second-order valence-corrected chi connectivity index (χ2v) is 5.59. The van der Waals surface area contributed by atoms with Crippen LogP contribution in [0.25, 0.3) is 11.0 Å². The molecule has 4 rings (SSSR count). The summed E-state index contributed by atoms with van der Waals surface area (Å²) in [6.07, 6.45) is 0. The Bertz CT molecular complexity index is 995. The van der Waals surface area contributed by atoms with Crippen LogP contribution in [0.2, 0.25) is 0 Å². The van der Waals surface area contributed by atoms with E-state index in [2.05, 4.69) is 15.6 Å². The fourth-order valence-electron chi connectivity index (χ4n) is 2.70. The fraction of sp³-hybridized carbons (Fsp3) is 0.176. The van der Waals surface area contributed by atoms with Crippen LogP contribution in [-0.2, 0) is 11.3 Å². The lowest BCUT2D eigenvalue weighted by atomic mass is 10.1. The number of ketones is 1. The maximum atomic E-state index is 12.4. The van der Waals surface area contributed by atoms with E-state index in [4.69, 9.17) is 9.47 Å². The first-order valence-electron chi connectivity index (χ1n) is 7.64. The van der Waals surface area contributed by atoms with Crippen molar-refractivity contribution < 1.29 is 19.1 Å². The number of amides is 1. The van der Waals surface area contributed by atoms with Crippen molar-refractivity contribution in [2.75, 3.05) is 12.1 Å². The van der Waals surface area contributed by atoms with Gasteiger partial charge in [0.25, 0.3) is 0 Å². The Hall–Kier alpha value is -3.42. The maximum absolute atomic E-state index is 12.4. The highest BCUT2D eigenvalue weighted by molar-refractivity contribution is 6.04. The molecule has 8 heteroatoms. The van der Waals surface area contributed by atoms with Crippen molar-refractivity contribution in [3.05, 3.63) is 42.0 Å². The highest BCUT2D eigenvalue weighted by atomic mass is 16.7. The van der Waals surface area contributed by atoms with E-state index in [0.717, 1.165) is 5.52 Å². The molecule has 0 saturated carbocycles. The molecule has 2 aromatic carbocycles. The van der Waals surface area contributed by atoms with E-state index in [1.807, 2.05) is 24.3 Å². The first-order valence-corrected chi connectivity index (χ1v) is 7.64. The minimum atomic E-state index is -0.322. The van der Waals surface area contributed by atoms with Crippen LogP contribution in [0.15, 0.2) is 36.4 Å². The first-order chi connectivity index (χ1) is 12.1. The number of anilines is 1. The van der Waals surface area contributed by atoms with Gasteiger partial charge in [0.05, 0.1) is 11.2 Å². The lowest BCUT2D eigenvalue weighted by Crippen LogP contribution is -2.20. The largest absolute Gasteiger partial charge is 0.454 e. The molecule has 1 N–H and O–H groups in total. The van der Waals surface area contributed by atoms with E-state index in [9.17, 15) is 9.59 Å². The van der Waals surface area contributed by atoms with Crippen LogP contribution in [0.4, 0.5) is 5.69 Å². The second kappa shape index (κ2) is 5.90. The van der Waals surface area contributed by atoms with Gasteiger partial charge in [0.1, 0.15) is 12.1 Å². The number of hydrogen-bond donors (Lipinski definition) is 1. The van der Waals surface area contributed by atoms with Gasteiger partial charge in [0, 0.05) is 11.6 Å². The molecule has 2 heterocycles. The van der Waals surface area contributed by atoms with E-state index in [-0.39, 0.29) is 25.0 Å². The number of fused-ring (bicyclic) bond motifs is 2. The zero-order valence-corrected chi connectivity index (χ0v) is 13.4. The third-order valence-corrected chi connectivity index (χ3v) is 3.88. The highest BCUT2D eigenvalue weighted by Gasteiger charge is 2.20. The maximum Gasteiger partial charge on any atom is 0.246 e. The molecule has 3 aromatic rings. The zero-order chi connectivity index (χ0) is 17.4.